The number of hydrogen-bond acceptors (Lipinski definition) is 8. The van der Waals surface area contributed by atoms with Crippen LogP contribution < -0.4 is 10.6 Å². The van der Waals surface area contributed by atoms with Crippen molar-refractivity contribution in [3.8, 4) is 11.5 Å². The van der Waals surface area contributed by atoms with Crippen LogP contribution in [0.5, 0.6) is 0 Å². The molecule has 0 atom stereocenters. The Kier molecular flexibility index (Phi) is 9.64. The van der Waals surface area contributed by atoms with Gasteiger partial charge in [0.2, 0.25) is 27.5 Å². The molecule has 0 radical (unpaired) electrons. The van der Waals surface area contributed by atoms with Gasteiger partial charge in [-0.25, -0.2) is 8.42 Å². The number of ether oxygens (including phenoxy) is 1. The van der Waals surface area contributed by atoms with Crippen molar-refractivity contribution in [3.63, 3.8) is 0 Å². The van der Waals surface area contributed by atoms with Crippen LogP contribution in [0.15, 0.2) is 33.9 Å². The molecule has 11 heteroatoms. The lowest BCUT2D eigenvalue weighted by atomic mass is 9.74. The maximum absolute atomic E-state index is 13.1. The van der Waals surface area contributed by atoms with E-state index < -0.39 is 25.9 Å². The lowest BCUT2D eigenvalue weighted by Gasteiger charge is -2.33. The third kappa shape index (κ3) is 8.92. The molecule has 2 aromatic rings. The van der Waals surface area contributed by atoms with Crippen molar-refractivity contribution < 1.29 is 27.2 Å². The smallest absolute Gasteiger partial charge is 0.335 e. The van der Waals surface area contributed by atoms with Crippen molar-refractivity contribution in [1.82, 2.24) is 15.5 Å². The highest BCUT2D eigenvalue weighted by Gasteiger charge is 2.39. The van der Waals surface area contributed by atoms with Crippen LogP contribution >= 0.6 is 0 Å². The number of aromatic nitrogens is 2. The van der Waals surface area contributed by atoms with E-state index in [1.54, 1.807) is 24.3 Å². The second-order valence-electron chi connectivity index (χ2n) is 11.4. The molecule has 0 unspecified atom stereocenters. The van der Waals surface area contributed by atoms with E-state index in [1.165, 1.54) is 0 Å². The van der Waals surface area contributed by atoms with Crippen molar-refractivity contribution in [2.45, 2.75) is 66.5 Å². The Balaban J connectivity index is 1.96. The number of rotatable bonds is 13. The van der Waals surface area contributed by atoms with Crippen molar-refractivity contribution >= 4 is 27.3 Å². The molecule has 0 aliphatic rings. The van der Waals surface area contributed by atoms with E-state index in [1.807, 2.05) is 34.6 Å². The number of carbonyl (C=O) groups excluding carboxylic acids is 2. The Bertz CT molecular complexity index is 1180. The lowest BCUT2D eigenvalue weighted by Crippen LogP contribution is -2.43. The molecule has 206 valence electrons. The highest BCUT2D eigenvalue weighted by molar-refractivity contribution is 7.90. The number of amides is 2. The Morgan fingerprint density at radius 2 is 1.57 bits per heavy atom. The van der Waals surface area contributed by atoms with Crippen molar-refractivity contribution in [2.75, 3.05) is 31.3 Å². The van der Waals surface area contributed by atoms with Gasteiger partial charge in [0.1, 0.15) is 0 Å². The molecule has 0 bridgehead atoms. The molecule has 10 nitrogen and oxygen atoms in total. The molecule has 2 rings (SSSR count). The van der Waals surface area contributed by atoms with Crippen LogP contribution in [0, 0.1) is 16.2 Å². The molecule has 0 aliphatic carbocycles. The summed E-state index contributed by atoms with van der Waals surface area (Å²) in [6.45, 7) is 15.3. The molecule has 1 heterocycles. The van der Waals surface area contributed by atoms with E-state index >= 15 is 0 Å². The third-order valence-electron chi connectivity index (χ3n) is 6.01. The number of benzene rings is 1. The van der Waals surface area contributed by atoms with Gasteiger partial charge in [-0.2, -0.15) is 0 Å². The van der Waals surface area contributed by atoms with Gasteiger partial charge in [0.15, 0.2) is 0 Å². The fourth-order valence-corrected chi connectivity index (χ4v) is 4.36. The van der Waals surface area contributed by atoms with Gasteiger partial charge in [0.05, 0.1) is 6.61 Å². The van der Waals surface area contributed by atoms with Crippen LogP contribution in [0.25, 0.3) is 11.5 Å². The SMILES string of the molecule is CCOCC(C)(C)CCNC(=O)C(C)(C)CC(C)(C)C(=O)Nc1ccc(-c2nnc(S(C)(=O)=O)o2)cc1. The van der Waals surface area contributed by atoms with Crippen LogP contribution in [0.1, 0.15) is 61.3 Å². The molecule has 0 spiro atoms. The van der Waals surface area contributed by atoms with Crippen molar-refractivity contribution in [1.29, 1.82) is 0 Å². The van der Waals surface area contributed by atoms with Crippen LogP contribution in [-0.4, -0.2) is 56.4 Å². The number of sulfone groups is 1. The first-order valence-corrected chi connectivity index (χ1v) is 14.2. The van der Waals surface area contributed by atoms with Gasteiger partial charge < -0.3 is 19.8 Å². The lowest BCUT2D eigenvalue weighted by molar-refractivity contribution is -0.133. The van der Waals surface area contributed by atoms with E-state index in [0.717, 1.165) is 12.7 Å². The average Bonchev–Trinajstić information content (AvgIpc) is 3.28. The van der Waals surface area contributed by atoms with Crippen LogP contribution in [-0.2, 0) is 24.2 Å². The summed E-state index contributed by atoms with van der Waals surface area (Å²) >= 11 is 0. The zero-order valence-corrected chi connectivity index (χ0v) is 23.9. The molecule has 37 heavy (non-hydrogen) atoms. The average molecular weight is 537 g/mol. The molecule has 0 saturated carbocycles. The summed E-state index contributed by atoms with van der Waals surface area (Å²) in [4.78, 5) is 26.0. The third-order valence-corrected chi connectivity index (χ3v) is 6.81. The normalized spacial score (nSPS) is 12.9. The first kappa shape index (κ1) is 30.4. The fourth-order valence-electron chi connectivity index (χ4n) is 3.94. The van der Waals surface area contributed by atoms with Crippen LogP contribution in [0.3, 0.4) is 0 Å². The summed E-state index contributed by atoms with van der Waals surface area (Å²) in [6.07, 6.45) is 2.11. The number of hydrogen-bond donors (Lipinski definition) is 2. The minimum atomic E-state index is -3.60. The largest absolute Gasteiger partial charge is 0.408 e. The maximum Gasteiger partial charge on any atom is 0.335 e. The quantitative estimate of drug-likeness (QED) is 0.390. The zero-order chi connectivity index (χ0) is 28.1. The molecule has 0 fully saturated rings. The Morgan fingerprint density at radius 1 is 0.973 bits per heavy atom. The van der Waals surface area contributed by atoms with E-state index in [4.69, 9.17) is 9.15 Å². The van der Waals surface area contributed by atoms with Gasteiger partial charge in [-0.15, -0.1) is 5.10 Å². The Morgan fingerprint density at radius 3 is 2.11 bits per heavy atom. The monoisotopic (exact) mass is 536 g/mol. The number of nitrogens with one attached hydrogen (secondary N) is 2. The molecule has 1 aromatic heterocycles. The fraction of sp³-hybridized carbons (Fsp3) is 0.615. The van der Waals surface area contributed by atoms with Gasteiger partial charge in [0.25, 0.3) is 0 Å². The summed E-state index contributed by atoms with van der Waals surface area (Å²) in [7, 11) is -3.60. The molecule has 1 aromatic carbocycles. The first-order valence-electron chi connectivity index (χ1n) is 12.3. The zero-order valence-electron chi connectivity index (χ0n) is 23.1. The molecule has 0 aliphatic heterocycles. The maximum atomic E-state index is 13.1. The van der Waals surface area contributed by atoms with E-state index in [0.29, 0.717) is 37.4 Å². The van der Waals surface area contributed by atoms with Crippen LogP contribution in [0.4, 0.5) is 5.69 Å². The topological polar surface area (TPSA) is 140 Å². The minimum Gasteiger partial charge on any atom is -0.408 e. The molecular weight excluding hydrogens is 496 g/mol. The van der Waals surface area contributed by atoms with Crippen molar-refractivity contribution in [3.05, 3.63) is 24.3 Å². The second kappa shape index (κ2) is 11.7. The second-order valence-corrected chi connectivity index (χ2v) is 13.3. The van der Waals surface area contributed by atoms with Gasteiger partial charge in [-0.1, -0.05) is 46.6 Å². The predicted molar refractivity (Wildman–Crippen MR) is 142 cm³/mol. The van der Waals surface area contributed by atoms with Gasteiger partial charge in [0, 0.05) is 41.5 Å². The summed E-state index contributed by atoms with van der Waals surface area (Å²) in [5.41, 5.74) is -0.568. The van der Waals surface area contributed by atoms with Gasteiger partial charge in [-0.3, -0.25) is 9.59 Å². The van der Waals surface area contributed by atoms with Gasteiger partial charge >= 0.3 is 5.22 Å². The molecule has 2 amide bonds. The molecule has 0 saturated heterocycles. The van der Waals surface area contributed by atoms with E-state index in [-0.39, 0.29) is 23.1 Å². The number of carbonyl (C=O) groups is 2. The Hall–Kier alpha value is -2.79. The number of anilines is 1. The Labute approximate surface area is 219 Å². The summed E-state index contributed by atoms with van der Waals surface area (Å²) < 4.78 is 33.8. The van der Waals surface area contributed by atoms with Gasteiger partial charge in [-0.05, 0) is 49.4 Å². The highest BCUT2D eigenvalue weighted by Crippen LogP contribution is 2.35. The van der Waals surface area contributed by atoms with Crippen LogP contribution in [0.2, 0.25) is 0 Å². The summed E-state index contributed by atoms with van der Waals surface area (Å²) in [5.74, 6) is -0.262. The highest BCUT2D eigenvalue weighted by atomic mass is 32.2. The minimum absolute atomic E-state index is 0.0400. The summed E-state index contributed by atoms with van der Waals surface area (Å²) in [5, 5.41) is 12.8. The first-order chi connectivity index (χ1) is 17.0. The number of nitrogens with zero attached hydrogens (tertiary/aromatic N) is 2. The predicted octanol–water partition coefficient (Wildman–Crippen LogP) is 4.09. The molecule has 2 N–H and O–H groups in total. The molecular formula is C26H40N4O6S. The van der Waals surface area contributed by atoms with E-state index in [9.17, 15) is 18.0 Å². The summed E-state index contributed by atoms with van der Waals surface area (Å²) in [6, 6.07) is 6.62. The standard InChI is InChI=1S/C26H40N4O6S/c1-9-35-17-24(2,3)14-15-27-21(31)25(4,5)16-26(6,7)22(32)28-19-12-10-18(11-13-19)20-29-30-23(36-20)37(8,33)34/h10-13H,9,14-17H2,1-8H3,(H,27,31)(H,28,32). The van der Waals surface area contributed by atoms with Crippen molar-refractivity contribution in [2.24, 2.45) is 16.2 Å². The van der Waals surface area contributed by atoms with E-state index in [2.05, 4.69) is 34.7 Å².